The monoisotopic (exact) mass is 264 g/mol. The van der Waals surface area contributed by atoms with Gasteiger partial charge in [-0.2, -0.15) is 0 Å². The minimum Gasteiger partial charge on any atom is -0.302 e. The zero-order chi connectivity index (χ0) is 12.4. The van der Waals surface area contributed by atoms with Crippen molar-refractivity contribution < 1.29 is 0 Å². The van der Waals surface area contributed by atoms with Gasteiger partial charge in [-0.1, -0.05) is 27.7 Å². The van der Waals surface area contributed by atoms with E-state index in [1.807, 2.05) is 0 Å². The normalized spacial score (nSPS) is 12.0. The molecule has 0 spiro atoms. The summed E-state index contributed by atoms with van der Waals surface area (Å²) >= 11 is 6.72. The topological polar surface area (TPSA) is 6.48 Å². The molecule has 0 heterocycles. The highest BCUT2D eigenvalue weighted by molar-refractivity contribution is 7.03. The van der Waals surface area contributed by atoms with Crippen LogP contribution in [0.4, 0.5) is 0 Å². The summed E-state index contributed by atoms with van der Waals surface area (Å²) in [5.74, 6) is 0. The van der Waals surface area contributed by atoms with E-state index in [1.165, 1.54) is 25.7 Å². The third-order valence-corrected chi connectivity index (χ3v) is 6.54. The first-order valence-corrected chi connectivity index (χ1v) is 9.61. The predicted octanol–water partition coefficient (Wildman–Crippen LogP) is 3.19. The van der Waals surface area contributed by atoms with Gasteiger partial charge in [0, 0.05) is 0 Å². The Bertz CT molecular complexity index is 130. The Morgan fingerprint density at radius 1 is 0.688 bits per heavy atom. The van der Waals surface area contributed by atoms with Crippen LogP contribution in [0.5, 0.6) is 0 Å². The van der Waals surface area contributed by atoms with Crippen molar-refractivity contribution in [3.63, 3.8) is 0 Å². The Balaban J connectivity index is 4.31. The van der Waals surface area contributed by atoms with E-state index in [0.29, 0.717) is 0 Å². The SMILES string of the molecule is CCCN(CCC)[SiH](Cl)N(CCC)CCC. The second-order valence-electron chi connectivity index (χ2n) is 4.38. The molecular weight excluding hydrogens is 236 g/mol. The van der Waals surface area contributed by atoms with Crippen LogP contribution in [-0.4, -0.2) is 43.7 Å². The number of nitrogens with zero attached hydrogens (tertiary/aromatic N) is 2. The summed E-state index contributed by atoms with van der Waals surface area (Å²) in [5.41, 5.74) is 0. The van der Waals surface area contributed by atoms with Gasteiger partial charge in [-0.15, -0.1) is 11.1 Å². The van der Waals surface area contributed by atoms with Gasteiger partial charge in [-0.05, 0) is 51.9 Å². The molecular formula is C12H29ClN2Si. The molecule has 0 unspecified atom stereocenters. The van der Waals surface area contributed by atoms with Gasteiger partial charge in [0.2, 0.25) is 0 Å². The van der Waals surface area contributed by atoms with Crippen LogP contribution in [0.3, 0.4) is 0 Å². The Morgan fingerprint density at radius 2 is 0.938 bits per heavy atom. The molecule has 0 saturated heterocycles. The smallest absolute Gasteiger partial charge is 0.291 e. The van der Waals surface area contributed by atoms with Crippen molar-refractivity contribution in [2.75, 3.05) is 26.2 Å². The van der Waals surface area contributed by atoms with Gasteiger partial charge in [0.25, 0.3) is 8.43 Å². The molecule has 0 rings (SSSR count). The van der Waals surface area contributed by atoms with Gasteiger partial charge in [-0.3, -0.25) is 0 Å². The molecule has 0 aliphatic carbocycles. The zero-order valence-electron chi connectivity index (χ0n) is 11.5. The number of hydrogen-bond donors (Lipinski definition) is 0. The highest BCUT2D eigenvalue weighted by Gasteiger charge is 2.23. The fourth-order valence-electron chi connectivity index (χ4n) is 2.03. The molecule has 0 atom stereocenters. The van der Waals surface area contributed by atoms with Gasteiger partial charge in [-0.25, -0.2) is 0 Å². The molecule has 0 N–H and O–H groups in total. The summed E-state index contributed by atoms with van der Waals surface area (Å²) in [7, 11) is -1.36. The lowest BCUT2D eigenvalue weighted by molar-refractivity contribution is 0.352. The van der Waals surface area contributed by atoms with E-state index in [2.05, 4.69) is 36.8 Å². The molecule has 0 aromatic rings. The van der Waals surface area contributed by atoms with Crippen LogP contribution in [0.1, 0.15) is 53.4 Å². The van der Waals surface area contributed by atoms with Crippen molar-refractivity contribution in [1.29, 1.82) is 0 Å². The van der Waals surface area contributed by atoms with E-state index in [1.54, 1.807) is 0 Å². The predicted molar refractivity (Wildman–Crippen MR) is 77.3 cm³/mol. The summed E-state index contributed by atoms with van der Waals surface area (Å²) < 4.78 is 5.07. The number of rotatable bonds is 10. The molecule has 0 bridgehead atoms. The van der Waals surface area contributed by atoms with E-state index in [9.17, 15) is 0 Å². The average Bonchev–Trinajstić information content (AvgIpc) is 2.27. The molecule has 0 radical (unpaired) electrons. The fraction of sp³-hybridized carbons (Fsp3) is 1.00. The molecule has 0 aliphatic heterocycles. The maximum Gasteiger partial charge on any atom is 0.291 e. The van der Waals surface area contributed by atoms with Crippen LogP contribution in [0, 0.1) is 0 Å². The third kappa shape index (κ3) is 6.23. The van der Waals surface area contributed by atoms with Gasteiger partial charge < -0.3 is 9.13 Å². The summed E-state index contributed by atoms with van der Waals surface area (Å²) in [6, 6.07) is 0. The second-order valence-corrected chi connectivity index (χ2v) is 7.64. The van der Waals surface area contributed by atoms with E-state index in [0.717, 1.165) is 26.2 Å². The molecule has 0 saturated carbocycles. The Hall–Kier alpha value is 0.427. The summed E-state index contributed by atoms with van der Waals surface area (Å²) in [5, 5.41) is 0. The third-order valence-electron chi connectivity index (χ3n) is 2.65. The Labute approximate surface area is 108 Å². The van der Waals surface area contributed by atoms with Crippen molar-refractivity contribution in [3.8, 4) is 0 Å². The summed E-state index contributed by atoms with van der Waals surface area (Å²) in [4.78, 5) is 0. The van der Waals surface area contributed by atoms with Crippen molar-refractivity contribution in [1.82, 2.24) is 9.13 Å². The van der Waals surface area contributed by atoms with Crippen molar-refractivity contribution in [3.05, 3.63) is 0 Å². The molecule has 0 aromatic carbocycles. The van der Waals surface area contributed by atoms with Crippen LogP contribution < -0.4 is 0 Å². The lowest BCUT2D eigenvalue weighted by atomic mass is 10.4. The van der Waals surface area contributed by atoms with E-state index >= 15 is 0 Å². The number of halogens is 1. The molecule has 2 nitrogen and oxygen atoms in total. The van der Waals surface area contributed by atoms with Gasteiger partial charge >= 0.3 is 0 Å². The molecule has 0 amide bonds. The first-order chi connectivity index (χ1) is 7.71. The van der Waals surface area contributed by atoms with Crippen LogP contribution in [0.2, 0.25) is 0 Å². The maximum absolute atomic E-state index is 6.72. The molecule has 0 fully saturated rings. The van der Waals surface area contributed by atoms with Crippen LogP contribution in [-0.2, 0) is 0 Å². The first-order valence-electron chi connectivity index (χ1n) is 6.83. The highest BCUT2D eigenvalue weighted by atomic mass is 35.6. The summed E-state index contributed by atoms with van der Waals surface area (Å²) in [6.45, 7) is 13.6. The molecule has 0 aromatic heterocycles. The molecule has 98 valence electrons. The first kappa shape index (κ1) is 16.4. The van der Waals surface area contributed by atoms with E-state index in [-0.39, 0.29) is 0 Å². The highest BCUT2D eigenvalue weighted by Crippen LogP contribution is 2.09. The quantitative estimate of drug-likeness (QED) is 0.442. The minimum atomic E-state index is -1.36. The van der Waals surface area contributed by atoms with Gasteiger partial charge in [0.15, 0.2) is 0 Å². The molecule has 0 aliphatic rings. The average molecular weight is 265 g/mol. The lowest BCUT2D eigenvalue weighted by Gasteiger charge is -2.34. The fourth-order valence-corrected chi connectivity index (χ4v) is 5.55. The van der Waals surface area contributed by atoms with E-state index in [4.69, 9.17) is 11.1 Å². The van der Waals surface area contributed by atoms with E-state index < -0.39 is 8.43 Å². The molecule has 16 heavy (non-hydrogen) atoms. The minimum absolute atomic E-state index is 1.16. The zero-order valence-corrected chi connectivity index (χ0v) is 13.4. The van der Waals surface area contributed by atoms with Crippen molar-refractivity contribution in [2.24, 2.45) is 0 Å². The Morgan fingerprint density at radius 3 is 1.12 bits per heavy atom. The summed E-state index contributed by atoms with van der Waals surface area (Å²) in [6.07, 6.45) is 4.84. The standard InChI is InChI=1S/C12H29ClN2Si/c1-5-9-14(10-6-2)16(13)15(11-7-3)12-8-4/h16H,5-12H2,1-4H3. The van der Waals surface area contributed by atoms with Gasteiger partial charge in [0.05, 0.1) is 0 Å². The van der Waals surface area contributed by atoms with Crippen LogP contribution in [0.15, 0.2) is 0 Å². The largest absolute Gasteiger partial charge is 0.302 e. The van der Waals surface area contributed by atoms with Crippen LogP contribution >= 0.6 is 11.1 Å². The van der Waals surface area contributed by atoms with Crippen molar-refractivity contribution in [2.45, 2.75) is 53.4 Å². The van der Waals surface area contributed by atoms with Gasteiger partial charge in [0.1, 0.15) is 0 Å². The maximum atomic E-state index is 6.72. The van der Waals surface area contributed by atoms with Crippen LogP contribution in [0.25, 0.3) is 0 Å². The lowest BCUT2D eigenvalue weighted by Crippen LogP contribution is -2.50. The molecule has 4 heteroatoms. The Kier molecular flexibility index (Phi) is 10.9. The van der Waals surface area contributed by atoms with Crippen molar-refractivity contribution >= 4 is 19.5 Å². The number of hydrogen-bond acceptors (Lipinski definition) is 2. The second kappa shape index (κ2) is 10.6.